The average Bonchev–Trinajstić information content (AvgIpc) is 3.74. The summed E-state index contributed by atoms with van der Waals surface area (Å²) in [5.74, 6) is 0.150. The highest BCUT2D eigenvalue weighted by Crippen LogP contribution is 2.50. The number of rotatable bonds is 5. The van der Waals surface area contributed by atoms with Crippen LogP contribution in [-0.4, -0.2) is 60.6 Å². The number of anilines is 3. The van der Waals surface area contributed by atoms with Crippen LogP contribution in [0.3, 0.4) is 0 Å². The number of carbonyl (C=O) groups is 3. The van der Waals surface area contributed by atoms with Crippen molar-refractivity contribution in [3.8, 4) is 0 Å². The molecule has 9 nitrogen and oxygen atoms in total. The molecule has 0 aromatic heterocycles. The SMILES string of the molecule is CC(=O)N1c2ccc(C(N)=O)cc2[C@H](Nc2ccc(N3CCN(C(=O)OC(C)(C)C)CC3)cc2)[C@@H](C)[C@H]1C1CC1. The van der Waals surface area contributed by atoms with E-state index in [9.17, 15) is 14.4 Å². The van der Waals surface area contributed by atoms with Gasteiger partial charge in [0.1, 0.15) is 5.60 Å². The van der Waals surface area contributed by atoms with Gasteiger partial charge in [-0.3, -0.25) is 9.59 Å². The highest BCUT2D eigenvalue weighted by molar-refractivity contribution is 5.97. The van der Waals surface area contributed by atoms with Crippen LogP contribution in [0.25, 0.3) is 0 Å². The Bertz CT molecular complexity index is 1280. The number of piperazine rings is 1. The molecule has 0 bridgehead atoms. The Hall–Kier alpha value is -3.75. The number of carbonyl (C=O) groups excluding carboxylic acids is 3. The Kier molecular flexibility index (Phi) is 7.42. The number of benzene rings is 2. The predicted octanol–water partition coefficient (Wildman–Crippen LogP) is 4.78. The summed E-state index contributed by atoms with van der Waals surface area (Å²) in [5.41, 5.74) is 9.39. The van der Waals surface area contributed by atoms with Crippen molar-refractivity contribution < 1.29 is 19.1 Å². The van der Waals surface area contributed by atoms with Crippen LogP contribution >= 0.6 is 0 Å². The smallest absolute Gasteiger partial charge is 0.410 e. The number of hydrogen-bond donors (Lipinski definition) is 2. The van der Waals surface area contributed by atoms with Crippen LogP contribution in [0.2, 0.25) is 0 Å². The fourth-order valence-electron chi connectivity index (χ4n) is 6.14. The van der Waals surface area contributed by atoms with Gasteiger partial charge in [0.2, 0.25) is 11.8 Å². The number of primary amides is 1. The summed E-state index contributed by atoms with van der Waals surface area (Å²) in [4.78, 5) is 43.2. The van der Waals surface area contributed by atoms with E-state index >= 15 is 0 Å². The van der Waals surface area contributed by atoms with E-state index in [1.54, 1.807) is 17.9 Å². The maximum absolute atomic E-state index is 12.8. The molecule has 5 rings (SSSR count). The Balaban J connectivity index is 1.33. The van der Waals surface area contributed by atoms with E-state index in [0.29, 0.717) is 24.6 Å². The molecule has 3 atom stereocenters. The van der Waals surface area contributed by atoms with Crippen LogP contribution in [0.15, 0.2) is 42.5 Å². The summed E-state index contributed by atoms with van der Waals surface area (Å²) < 4.78 is 5.52. The average molecular weight is 548 g/mol. The summed E-state index contributed by atoms with van der Waals surface area (Å²) in [6.45, 7) is 12.1. The lowest BCUT2D eigenvalue weighted by molar-refractivity contribution is -0.117. The summed E-state index contributed by atoms with van der Waals surface area (Å²) >= 11 is 0. The van der Waals surface area contributed by atoms with Gasteiger partial charge in [0.15, 0.2) is 0 Å². The van der Waals surface area contributed by atoms with Crippen molar-refractivity contribution in [3.05, 3.63) is 53.6 Å². The molecule has 2 heterocycles. The number of fused-ring (bicyclic) bond motifs is 1. The van der Waals surface area contributed by atoms with Gasteiger partial charge >= 0.3 is 6.09 Å². The monoisotopic (exact) mass is 547 g/mol. The zero-order valence-corrected chi connectivity index (χ0v) is 24.1. The zero-order chi connectivity index (χ0) is 28.8. The lowest BCUT2D eigenvalue weighted by atomic mass is 9.79. The number of hydrogen-bond acceptors (Lipinski definition) is 6. The molecule has 2 fully saturated rings. The van der Waals surface area contributed by atoms with E-state index < -0.39 is 11.5 Å². The molecule has 0 radical (unpaired) electrons. The third-order valence-electron chi connectivity index (χ3n) is 8.20. The normalized spacial score (nSPS) is 22.9. The highest BCUT2D eigenvalue weighted by atomic mass is 16.6. The van der Waals surface area contributed by atoms with Gasteiger partial charge in [0.05, 0.1) is 6.04 Å². The van der Waals surface area contributed by atoms with Crippen molar-refractivity contribution in [2.24, 2.45) is 17.6 Å². The standard InChI is InChI=1S/C31H41N5O4/c1-19-27(25-18-22(29(32)38)8-13-26(25)36(20(2)37)28(19)21-6-7-21)33-23-9-11-24(12-10-23)34-14-16-35(17-15-34)30(39)40-31(3,4)5/h8-13,18-19,21,27-28,33H,6-7,14-17H2,1-5H3,(H2,32,38)/t19-,27-,28+/m1/s1. The maximum atomic E-state index is 12.8. The second-order valence-corrected chi connectivity index (χ2v) is 12.3. The maximum Gasteiger partial charge on any atom is 0.410 e. The largest absolute Gasteiger partial charge is 0.444 e. The molecule has 1 aliphatic carbocycles. The molecule has 0 unspecified atom stereocenters. The van der Waals surface area contributed by atoms with Gasteiger partial charge in [-0.25, -0.2) is 4.79 Å². The molecule has 2 aromatic rings. The topological polar surface area (TPSA) is 108 Å². The molecule has 0 spiro atoms. The first-order valence-electron chi connectivity index (χ1n) is 14.3. The Labute approximate surface area is 236 Å². The minimum atomic E-state index is -0.502. The van der Waals surface area contributed by atoms with Crippen LogP contribution in [-0.2, 0) is 9.53 Å². The number of nitrogens with two attached hydrogens (primary N) is 1. The second kappa shape index (κ2) is 10.7. The Morgan fingerprint density at radius 2 is 1.62 bits per heavy atom. The van der Waals surface area contributed by atoms with Gasteiger partial charge in [-0.1, -0.05) is 6.92 Å². The van der Waals surface area contributed by atoms with Gasteiger partial charge in [-0.15, -0.1) is 0 Å². The van der Waals surface area contributed by atoms with Crippen LogP contribution < -0.4 is 20.9 Å². The first-order chi connectivity index (χ1) is 18.9. The molecule has 40 heavy (non-hydrogen) atoms. The number of nitrogens with zero attached hydrogens (tertiary/aromatic N) is 3. The van der Waals surface area contributed by atoms with Crippen LogP contribution in [0, 0.1) is 11.8 Å². The third-order valence-corrected chi connectivity index (χ3v) is 8.20. The van der Waals surface area contributed by atoms with E-state index in [1.807, 2.05) is 37.8 Å². The van der Waals surface area contributed by atoms with Gasteiger partial charge < -0.3 is 30.5 Å². The summed E-state index contributed by atoms with van der Waals surface area (Å²) in [6.07, 6.45) is 1.98. The Morgan fingerprint density at radius 1 is 0.975 bits per heavy atom. The molecular formula is C31H41N5O4. The Morgan fingerprint density at radius 3 is 2.17 bits per heavy atom. The van der Waals surface area contributed by atoms with Gasteiger partial charge in [-0.05, 0) is 87.6 Å². The zero-order valence-electron chi connectivity index (χ0n) is 24.1. The fourth-order valence-corrected chi connectivity index (χ4v) is 6.14. The van der Waals surface area contributed by atoms with Crippen molar-refractivity contribution in [3.63, 3.8) is 0 Å². The van der Waals surface area contributed by atoms with Crippen molar-refractivity contribution in [2.45, 2.75) is 65.1 Å². The number of nitrogens with one attached hydrogen (secondary N) is 1. The molecule has 1 saturated heterocycles. The van der Waals surface area contributed by atoms with Crippen LogP contribution in [0.1, 0.15) is 69.4 Å². The molecule has 9 heteroatoms. The first-order valence-corrected chi connectivity index (χ1v) is 14.3. The minimum Gasteiger partial charge on any atom is -0.444 e. The molecule has 2 aliphatic heterocycles. The summed E-state index contributed by atoms with van der Waals surface area (Å²) in [7, 11) is 0. The van der Waals surface area contributed by atoms with E-state index in [0.717, 1.165) is 48.6 Å². The molecule has 2 aromatic carbocycles. The highest BCUT2D eigenvalue weighted by Gasteiger charge is 2.47. The summed E-state index contributed by atoms with van der Waals surface area (Å²) in [5, 5.41) is 3.72. The molecule has 3 amide bonds. The molecular weight excluding hydrogens is 506 g/mol. The quantitative estimate of drug-likeness (QED) is 0.558. The molecule has 1 saturated carbocycles. The van der Waals surface area contributed by atoms with E-state index in [2.05, 4.69) is 41.4 Å². The first kappa shape index (κ1) is 27.8. The molecule has 214 valence electrons. The van der Waals surface area contributed by atoms with E-state index in [4.69, 9.17) is 10.5 Å². The third kappa shape index (κ3) is 5.74. The van der Waals surface area contributed by atoms with Crippen LogP contribution in [0.5, 0.6) is 0 Å². The van der Waals surface area contributed by atoms with Gasteiger partial charge in [0, 0.05) is 67.7 Å². The number of amides is 3. The van der Waals surface area contributed by atoms with Gasteiger partial charge in [0.25, 0.3) is 0 Å². The second-order valence-electron chi connectivity index (χ2n) is 12.3. The van der Waals surface area contributed by atoms with Crippen molar-refractivity contribution >= 4 is 35.0 Å². The lowest BCUT2D eigenvalue weighted by Gasteiger charge is -2.46. The van der Waals surface area contributed by atoms with E-state index in [-0.39, 0.29) is 30.0 Å². The van der Waals surface area contributed by atoms with Gasteiger partial charge in [-0.2, -0.15) is 0 Å². The number of ether oxygens (including phenoxy) is 1. The van der Waals surface area contributed by atoms with Crippen molar-refractivity contribution in [1.82, 2.24) is 4.90 Å². The van der Waals surface area contributed by atoms with E-state index in [1.165, 1.54) is 0 Å². The predicted molar refractivity (Wildman–Crippen MR) is 157 cm³/mol. The fraction of sp³-hybridized carbons (Fsp3) is 0.516. The summed E-state index contributed by atoms with van der Waals surface area (Å²) in [6, 6.07) is 13.8. The molecule has 3 N–H and O–H groups in total. The molecule has 3 aliphatic rings. The van der Waals surface area contributed by atoms with Crippen LogP contribution in [0.4, 0.5) is 21.9 Å². The van der Waals surface area contributed by atoms with Crippen molar-refractivity contribution in [1.29, 1.82) is 0 Å². The van der Waals surface area contributed by atoms with Crippen molar-refractivity contribution in [2.75, 3.05) is 41.3 Å². The lowest BCUT2D eigenvalue weighted by Crippen LogP contribution is -2.51. The minimum absolute atomic E-state index is 0.0198.